The highest BCUT2D eigenvalue weighted by Gasteiger charge is 2.19. The summed E-state index contributed by atoms with van der Waals surface area (Å²) in [5, 5.41) is 13.3. The Balaban J connectivity index is 2.33. The fourth-order valence-corrected chi connectivity index (χ4v) is 2.25. The molecule has 1 saturated heterocycles. The van der Waals surface area contributed by atoms with Crippen molar-refractivity contribution in [1.82, 2.24) is 5.32 Å². The van der Waals surface area contributed by atoms with Crippen molar-refractivity contribution in [2.45, 2.75) is 25.3 Å². The lowest BCUT2D eigenvalue weighted by atomic mass is 9.97. The number of benzene rings is 1. The summed E-state index contributed by atoms with van der Waals surface area (Å²) in [4.78, 5) is 0. The minimum absolute atomic E-state index is 0.0644. The second kappa shape index (κ2) is 5.27. The molecule has 1 aromatic rings. The number of phenols is 1. The number of ether oxygens (including phenoxy) is 2. The minimum Gasteiger partial charge on any atom is -0.502 e. The van der Waals surface area contributed by atoms with E-state index in [1.807, 2.05) is 12.1 Å². The molecule has 1 unspecified atom stereocenters. The van der Waals surface area contributed by atoms with Crippen molar-refractivity contribution >= 4 is 0 Å². The molecule has 1 fully saturated rings. The van der Waals surface area contributed by atoms with Gasteiger partial charge in [-0.2, -0.15) is 0 Å². The number of hydrogen-bond donors (Lipinski definition) is 2. The van der Waals surface area contributed by atoms with Gasteiger partial charge < -0.3 is 19.9 Å². The van der Waals surface area contributed by atoms with E-state index in [1.165, 1.54) is 12.8 Å². The van der Waals surface area contributed by atoms with Gasteiger partial charge in [0.15, 0.2) is 11.5 Å². The van der Waals surface area contributed by atoms with Crippen molar-refractivity contribution in [3.8, 4) is 17.2 Å². The highest BCUT2D eigenvalue weighted by molar-refractivity contribution is 5.53. The fraction of sp³-hybridized carbons (Fsp3) is 0.538. The average molecular weight is 237 g/mol. The van der Waals surface area contributed by atoms with Gasteiger partial charge in [0.2, 0.25) is 5.75 Å². The zero-order valence-electron chi connectivity index (χ0n) is 10.3. The molecule has 0 bridgehead atoms. The third-order valence-corrected chi connectivity index (χ3v) is 3.21. The maximum absolute atomic E-state index is 9.84. The smallest absolute Gasteiger partial charge is 0.200 e. The Morgan fingerprint density at radius 2 is 1.82 bits per heavy atom. The van der Waals surface area contributed by atoms with Crippen LogP contribution in [0.4, 0.5) is 0 Å². The van der Waals surface area contributed by atoms with E-state index < -0.39 is 0 Å². The lowest BCUT2D eigenvalue weighted by Crippen LogP contribution is -2.26. The summed E-state index contributed by atoms with van der Waals surface area (Å²) in [7, 11) is 3.10. The van der Waals surface area contributed by atoms with Crippen LogP contribution >= 0.6 is 0 Å². The van der Waals surface area contributed by atoms with Crippen LogP contribution in [-0.2, 0) is 0 Å². The van der Waals surface area contributed by atoms with Crippen molar-refractivity contribution in [2.75, 3.05) is 20.8 Å². The number of methoxy groups -OCH3 is 2. The van der Waals surface area contributed by atoms with Gasteiger partial charge in [-0.25, -0.2) is 0 Å². The molecule has 1 aromatic carbocycles. The second-order valence-electron chi connectivity index (χ2n) is 4.28. The lowest BCUT2D eigenvalue weighted by molar-refractivity contribution is 0.336. The van der Waals surface area contributed by atoms with Gasteiger partial charge in [-0.15, -0.1) is 0 Å². The molecule has 1 heterocycles. The second-order valence-corrected chi connectivity index (χ2v) is 4.28. The first-order valence-corrected chi connectivity index (χ1v) is 5.94. The predicted molar refractivity (Wildman–Crippen MR) is 65.8 cm³/mol. The molecule has 4 heteroatoms. The van der Waals surface area contributed by atoms with Crippen molar-refractivity contribution < 1.29 is 14.6 Å². The number of hydrogen-bond acceptors (Lipinski definition) is 4. The van der Waals surface area contributed by atoms with E-state index in [0.717, 1.165) is 18.5 Å². The molecular formula is C13H19NO3. The Hall–Kier alpha value is -1.42. The predicted octanol–water partition coefficient (Wildman–Crippen LogP) is 2.22. The van der Waals surface area contributed by atoms with Gasteiger partial charge in [0.25, 0.3) is 0 Å². The zero-order chi connectivity index (χ0) is 12.3. The van der Waals surface area contributed by atoms with E-state index in [0.29, 0.717) is 17.5 Å². The average Bonchev–Trinajstić information content (AvgIpc) is 2.40. The molecule has 0 radical (unpaired) electrons. The molecule has 0 amide bonds. The van der Waals surface area contributed by atoms with Crippen molar-refractivity contribution in [3.05, 3.63) is 17.7 Å². The summed E-state index contributed by atoms with van der Waals surface area (Å²) >= 11 is 0. The van der Waals surface area contributed by atoms with E-state index in [9.17, 15) is 5.11 Å². The van der Waals surface area contributed by atoms with Gasteiger partial charge in [-0.05, 0) is 37.1 Å². The summed E-state index contributed by atoms with van der Waals surface area (Å²) < 4.78 is 10.3. The number of phenolic OH excluding ortho intramolecular Hbond substituents is 1. The molecular weight excluding hydrogens is 218 g/mol. The molecule has 0 saturated carbocycles. The number of rotatable bonds is 3. The Morgan fingerprint density at radius 3 is 2.29 bits per heavy atom. The van der Waals surface area contributed by atoms with Crippen LogP contribution in [-0.4, -0.2) is 25.9 Å². The lowest BCUT2D eigenvalue weighted by Gasteiger charge is -2.24. The van der Waals surface area contributed by atoms with Crippen LogP contribution in [0.2, 0.25) is 0 Å². The van der Waals surface area contributed by atoms with Gasteiger partial charge in [0, 0.05) is 6.04 Å². The number of aromatic hydroxyl groups is 1. The molecule has 4 nitrogen and oxygen atoms in total. The monoisotopic (exact) mass is 237 g/mol. The third-order valence-electron chi connectivity index (χ3n) is 3.21. The van der Waals surface area contributed by atoms with Crippen LogP contribution in [0.1, 0.15) is 30.9 Å². The molecule has 0 aromatic heterocycles. The highest BCUT2D eigenvalue weighted by atomic mass is 16.5. The molecule has 0 aliphatic carbocycles. The highest BCUT2D eigenvalue weighted by Crippen LogP contribution is 2.39. The molecule has 1 aliphatic rings. The maximum atomic E-state index is 9.84. The summed E-state index contributed by atoms with van der Waals surface area (Å²) in [6, 6.07) is 4.08. The molecule has 1 aliphatic heterocycles. The Morgan fingerprint density at radius 1 is 1.18 bits per heavy atom. The van der Waals surface area contributed by atoms with Gasteiger partial charge in [0.05, 0.1) is 14.2 Å². The Kier molecular flexibility index (Phi) is 3.74. The molecule has 1 atom stereocenters. The minimum atomic E-state index is 0.0644. The van der Waals surface area contributed by atoms with E-state index in [2.05, 4.69) is 5.32 Å². The Bertz CT molecular complexity index is 361. The summed E-state index contributed by atoms with van der Waals surface area (Å²) in [6.45, 7) is 1.04. The van der Waals surface area contributed by atoms with E-state index in [-0.39, 0.29) is 5.75 Å². The topological polar surface area (TPSA) is 50.7 Å². The van der Waals surface area contributed by atoms with Crippen LogP contribution in [0.3, 0.4) is 0 Å². The van der Waals surface area contributed by atoms with Gasteiger partial charge in [-0.3, -0.25) is 0 Å². The zero-order valence-corrected chi connectivity index (χ0v) is 10.3. The van der Waals surface area contributed by atoms with Crippen LogP contribution in [0.25, 0.3) is 0 Å². The normalized spacial score (nSPS) is 20.0. The van der Waals surface area contributed by atoms with Gasteiger partial charge >= 0.3 is 0 Å². The van der Waals surface area contributed by atoms with Gasteiger partial charge in [-0.1, -0.05) is 6.42 Å². The van der Waals surface area contributed by atoms with E-state index in [4.69, 9.17) is 9.47 Å². The molecule has 2 rings (SSSR count). The SMILES string of the molecule is COc1cc(C2CCCCN2)cc(OC)c1O. The molecule has 94 valence electrons. The molecule has 0 spiro atoms. The quantitative estimate of drug-likeness (QED) is 0.846. The summed E-state index contributed by atoms with van der Waals surface area (Å²) in [5.74, 6) is 0.994. The largest absolute Gasteiger partial charge is 0.502 e. The van der Waals surface area contributed by atoms with E-state index in [1.54, 1.807) is 14.2 Å². The first kappa shape index (κ1) is 12.0. The third kappa shape index (κ3) is 2.47. The number of piperidine rings is 1. The molecule has 17 heavy (non-hydrogen) atoms. The summed E-state index contributed by atoms with van der Waals surface area (Å²) in [6.07, 6.45) is 3.56. The Labute approximate surface area is 102 Å². The number of nitrogens with one attached hydrogen (secondary N) is 1. The van der Waals surface area contributed by atoms with Crippen LogP contribution < -0.4 is 14.8 Å². The van der Waals surface area contributed by atoms with Crippen LogP contribution in [0.5, 0.6) is 17.2 Å². The standard InChI is InChI=1S/C13H19NO3/c1-16-11-7-9(8-12(17-2)13(11)15)10-5-3-4-6-14-10/h7-8,10,14-15H,3-6H2,1-2H3. The summed E-state index contributed by atoms with van der Waals surface area (Å²) in [5.41, 5.74) is 1.11. The van der Waals surface area contributed by atoms with Crippen molar-refractivity contribution in [1.29, 1.82) is 0 Å². The maximum Gasteiger partial charge on any atom is 0.200 e. The van der Waals surface area contributed by atoms with Crippen molar-refractivity contribution in [3.63, 3.8) is 0 Å². The van der Waals surface area contributed by atoms with Crippen molar-refractivity contribution in [2.24, 2.45) is 0 Å². The first-order chi connectivity index (χ1) is 8.26. The van der Waals surface area contributed by atoms with Crippen LogP contribution in [0.15, 0.2) is 12.1 Å². The first-order valence-electron chi connectivity index (χ1n) is 5.94. The van der Waals surface area contributed by atoms with Gasteiger partial charge in [0.1, 0.15) is 0 Å². The van der Waals surface area contributed by atoms with E-state index >= 15 is 0 Å². The van der Waals surface area contributed by atoms with Crippen LogP contribution in [0, 0.1) is 0 Å². The fourth-order valence-electron chi connectivity index (χ4n) is 2.25. The molecule has 2 N–H and O–H groups in total.